The molecule has 19 heavy (non-hydrogen) atoms. The molecule has 0 amide bonds. The van der Waals surface area contributed by atoms with Crippen molar-refractivity contribution in [2.24, 2.45) is 0 Å². The van der Waals surface area contributed by atoms with Crippen LogP contribution >= 0.6 is 11.3 Å². The molecule has 7 heteroatoms. The average molecular weight is 300 g/mol. The van der Waals surface area contributed by atoms with E-state index in [4.69, 9.17) is 0 Å². The lowest BCUT2D eigenvalue weighted by atomic mass is 10.2. The van der Waals surface area contributed by atoms with E-state index in [2.05, 4.69) is 9.71 Å². The Hall–Kier alpha value is -1.31. The summed E-state index contributed by atoms with van der Waals surface area (Å²) in [5.41, 5.74) is 1.22. The summed E-state index contributed by atoms with van der Waals surface area (Å²) >= 11 is 1.35. The SMILES string of the molecule is CS(=O)(=O)NCCc1csc(-c2ccccc2F)n1. The van der Waals surface area contributed by atoms with Crippen LogP contribution in [-0.4, -0.2) is 26.2 Å². The first-order chi connectivity index (χ1) is 8.96. The summed E-state index contributed by atoms with van der Waals surface area (Å²) in [6, 6.07) is 6.45. The van der Waals surface area contributed by atoms with Crippen molar-refractivity contribution >= 4 is 21.4 Å². The largest absolute Gasteiger partial charge is 0.241 e. The van der Waals surface area contributed by atoms with E-state index in [-0.39, 0.29) is 5.82 Å². The van der Waals surface area contributed by atoms with Gasteiger partial charge in [0.1, 0.15) is 10.8 Å². The number of nitrogens with zero attached hydrogens (tertiary/aromatic N) is 1. The van der Waals surface area contributed by atoms with Gasteiger partial charge in [0.2, 0.25) is 10.0 Å². The number of hydrogen-bond donors (Lipinski definition) is 1. The summed E-state index contributed by atoms with van der Waals surface area (Å²) in [5, 5.41) is 2.42. The number of rotatable bonds is 5. The van der Waals surface area contributed by atoms with Gasteiger partial charge in [-0.1, -0.05) is 12.1 Å². The summed E-state index contributed by atoms with van der Waals surface area (Å²) < 4.78 is 37.8. The van der Waals surface area contributed by atoms with E-state index in [1.54, 1.807) is 18.2 Å². The molecule has 1 aromatic heterocycles. The minimum atomic E-state index is -3.18. The van der Waals surface area contributed by atoms with E-state index in [1.165, 1.54) is 17.4 Å². The second-order valence-corrected chi connectivity index (χ2v) is 6.73. The van der Waals surface area contributed by atoms with Gasteiger partial charge in [0.15, 0.2) is 0 Å². The topological polar surface area (TPSA) is 59.1 Å². The molecule has 0 bridgehead atoms. The standard InChI is InChI=1S/C12H13FN2O2S2/c1-19(16,17)14-7-6-9-8-18-12(15-9)10-4-2-3-5-11(10)13/h2-5,8,14H,6-7H2,1H3. The highest BCUT2D eigenvalue weighted by atomic mass is 32.2. The molecule has 0 aliphatic rings. The third-order valence-corrected chi connectivity index (χ3v) is 4.05. The van der Waals surface area contributed by atoms with Gasteiger partial charge in [0.25, 0.3) is 0 Å². The molecule has 1 N–H and O–H groups in total. The highest BCUT2D eigenvalue weighted by Crippen LogP contribution is 2.26. The van der Waals surface area contributed by atoms with Crippen LogP contribution in [-0.2, 0) is 16.4 Å². The second-order valence-electron chi connectivity index (χ2n) is 4.04. The smallest absolute Gasteiger partial charge is 0.208 e. The summed E-state index contributed by atoms with van der Waals surface area (Å²) in [6.07, 6.45) is 1.59. The fraction of sp³-hybridized carbons (Fsp3) is 0.250. The molecule has 4 nitrogen and oxygen atoms in total. The Kier molecular flexibility index (Phi) is 4.28. The van der Waals surface area contributed by atoms with E-state index in [0.717, 1.165) is 11.9 Å². The summed E-state index contributed by atoms with van der Waals surface area (Å²) in [4.78, 5) is 4.30. The molecule has 0 fully saturated rings. The number of hydrogen-bond acceptors (Lipinski definition) is 4. The summed E-state index contributed by atoms with van der Waals surface area (Å²) in [5.74, 6) is -0.308. The van der Waals surface area contributed by atoms with Crippen LogP contribution in [0.5, 0.6) is 0 Å². The van der Waals surface area contributed by atoms with Gasteiger partial charge in [-0.05, 0) is 12.1 Å². The van der Waals surface area contributed by atoms with E-state index in [9.17, 15) is 12.8 Å². The molecule has 0 saturated carbocycles. The van der Waals surface area contributed by atoms with Gasteiger partial charge >= 0.3 is 0 Å². The molecule has 2 aromatic rings. The summed E-state index contributed by atoms with van der Waals surface area (Å²) in [7, 11) is -3.18. The van der Waals surface area contributed by atoms with Crippen molar-refractivity contribution < 1.29 is 12.8 Å². The van der Waals surface area contributed by atoms with Crippen LogP contribution in [0.1, 0.15) is 5.69 Å². The van der Waals surface area contributed by atoms with Crippen LogP contribution in [0.4, 0.5) is 4.39 Å². The average Bonchev–Trinajstić information content (AvgIpc) is 2.76. The number of halogens is 1. The first-order valence-electron chi connectivity index (χ1n) is 5.59. The molecule has 0 radical (unpaired) electrons. The number of benzene rings is 1. The van der Waals surface area contributed by atoms with Crippen LogP contribution in [0.3, 0.4) is 0 Å². The molecular weight excluding hydrogens is 287 g/mol. The van der Waals surface area contributed by atoms with Crippen molar-refractivity contribution in [2.75, 3.05) is 12.8 Å². The van der Waals surface area contributed by atoms with Crippen molar-refractivity contribution in [3.63, 3.8) is 0 Å². The van der Waals surface area contributed by atoms with E-state index in [1.807, 2.05) is 5.38 Å². The van der Waals surface area contributed by atoms with E-state index >= 15 is 0 Å². The van der Waals surface area contributed by atoms with Crippen molar-refractivity contribution in [3.8, 4) is 10.6 Å². The predicted octanol–water partition coefficient (Wildman–Crippen LogP) is 2.04. The van der Waals surface area contributed by atoms with Crippen molar-refractivity contribution in [3.05, 3.63) is 41.2 Å². The van der Waals surface area contributed by atoms with Gasteiger partial charge in [-0.25, -0.2) is 22.5 Å². The molecule has 0 aliphatic carbocycles. The Morgan fingerprint density at radius 3 is 2.79 bits per heavy atom. The maximum atomic E-state index is 13.6. The zero-order valence-electron chi connectivity index (χ0n) is 10.3. The Morgan fingerprint density at radius 1 is 1.37 bits per heavy atom. The molecule has 2 rings (SSSR count). The fourth-order valence-corrected chi connectivity index (χ4v) is 2.90. The van der Waals surface area contributed by atoms with Crippen molar-refractivity contribution in [2.45, 2.75) is 6.42 Å². The lowest BCUT2D eigenvalue weighted by Gasteiger charge is -1.99. The summed E-state index contributed by atoms with van der Waals surface area (Å²) in [6.45, 7) is 0.291. The van der Waals surface area contributed by atoms with Crippen LogP contribution in [0.25, 0.3) is 10.6 Å². The number of thiazole rings is 1. The highest BCUT2D eigenvalue weighted by Gasteiger charge is 2.09. The van der Waals surface area contributed by atoms with Gasteiger partial charge < -0.3 is 0 Å². The van der Waals surface area contributed by atoms with Crippen LogP contribution < -0.4 is 4.72 Å². The van der Waals surface area contributed by atoms with Gasteiger partial charge in [-0.2, -0.15) is 0 Å². The second kappa shape index (κ2) is 5.77. The Morgan fingerprint density at radius 2 is 2.11 bits per heavy atom. The van der Waals surface area contributed by atoms with Gasteiger partial charge in [-0.15, -0.1) is 11.3 Å². The molecule has 0 unspecified atom stereocenters. The molecule has 0 saturated heterocycles. The quantitative estimate of drug-likeness (QED) is 0.919. The first kappa shape index (κ1) is 14.1. The molecule has 0 atom stereocenters. The van der Waals surface area contributed by atoms with E-state index < -0.39 is 10.0 Å². The van der Waals surface area contributed by atoms with Crippen molar-refractivity contribution in [1.29, 1.82) is 0 Å². The number of nitrogens with one attached hydrogen (secondary N) is 1. The first-order valence-corrected chi connectivity index (χ1v) is 8.37. The predicted molar refractivity (Wildman–Crippen MR) is 74.1 cm³/mol. The Bertz CT molecular complexity index is 668. The number of sulfonamides is 1. The molecular formula is C12H13FN2O2S2. The van der Waals surface area contributed by atoms with Gasteiger partial charge in [0, 0.05) is 23.9 Å². The highest BCUT2D eigenvalue weighted by molar-refractivity contribution is 7.88. The fourth-order valence-electron chi connectivity index (χ4n) is 1.54. The number of aromatic nitrogens is 1. The zero-order chi connectivity index (χ0) is 13.9. The normalized spacial score (nSPS) is 11.7. The molecule has 0 spiro atoms. The minimum absolute atomic E-state index is 0.291. The van der Waals surface area contributed by atoms with Crippen LogP contribution in [0, 0.1) is 5.82 Å². The third-order valence-electron chi connectivity index (χ3n) is 2.40. The third kappa shape index (κ3) is 4.09. The zero-order valence-corrected chi connectivity index (χ0v) is 11.9. The molecule has 0 aliphatic heterocycles. The minimum Gasteiger partial charge on any atom is -0.241 e. The monoisotopic (exact) mass is 300 g/mol. The Labute approximate surface area is 115 Å². The van der Waals surface area contributed by atoms with Crippen molar-refractivity contribution in [1.82, 2.24) is 9.71 Å². The lowest BCUT2D eigenvalue weighted by Crippen LogP contribution is -2.24. The molecule has 1 heterocycles. The van der Waals surface area contributed by atoms with Gasteiger partial charge in [-0.3, -0.25) is 0 Å². The Balaban J connectivity index is 2.06. The maximum absolute atomic E-state index is 13.6. The van der Waals surface area contributed by atoms with Crippen LogP contribution in [0.15, 0.2) is 29.6 Å². The van der Waals surface area contributed by atoms with E-state index in [0.29, 0.717) is 23.5 Å². The van der Waals surface area contributed by atoms with Crippen LogP contribution in [0.2, 0.25) is 0 Å². The lowest BCUT2D eigenvalue weighted by molar-refractivity contribution is 0.587. The maximum Gasteiger partial charge on any atom is 0.208 e. The van der Waals surface area contributed by atoms with Gasteiger partial charge in [0.05, 0.1) is 11.9 Å². The molecule has 102 valence electrons. The molecule has 1 aromatic carbocycles.